The van der Waals surface area contributed by atoms with E-state index in [1.165, 1.54) is 5.56 Å². The van der Waals surface area contributed by atoms with E-state index in [1.807, 2.05) is 46.0 Å². The first-order valence-electron chi connectivity index (χ1n) is 7.66. The molecule has 0 radical (unpaired) electrons. The molecule has 0 bridgehead atoms. The van der Waals surface area contributed by atoms with Crippen LogP contribution in [0.25, 0.3) is 0 Å². The summed E-state index contributed by atoms with van der Waals surface area (Å²) in [5.74, 6) is 0. The van der Waals surface area contributed by atoms with Crippen molar-refractivity contribution in [3.8, 4) is 0 Å². The van der Waals surface area contributed by atoms with E-state index in [0.717, 1.165) is 6.54 Å². The summed E-state index contributed by atoms with van der Waals surface area (Å²) < 4.78 is 5.37. The molecule has 1 aromatic rings. The van der Waals surface area contributed by atoms with Crippen molar-refractivity contribution in [2.45, 2.75) is 45.1 Å². The summed E-state index contributed by atoms with van der Waals surface area (Å²) in [5, 5.41) is 10.3. The Hall–Kier alpha value is -1.59. The molecule has 5 heteroatoms. The van der Waals surface area contributed by atoms with Crippen LogP contribution in [-0.2, 0) is 11.3 Å². The van der Waals surface area contributed by atoms with E-state index in [4.69, 9.17) is 4.74 Å². The number of rotatable bonds is 3. The lowest BCUT2D eigenvalue weighted by Gasteiger charge is -2.27. The van der Waals surface area contributed by atoms with Gasteiger partial charge >= 0.3 is 6.09 Å². The Morgan fingerprint density at radius 2 is 1.95 bits per heavy atom. The third kappa shape index (κ3) is 4.45. The van der Waals surface area contributed by atoms with E-state index in [2.05, 4.69) is 17.0 Å². The number of hydrogen-bond acceptors (Lipinski definition) is 4. The SMILES string of the molecule is CN(Cc1ccccc1)[C@@H]1CN(C(=O)OC(C)(C)C)C[C@H]1O. The average Bonchev–Trinajstić information content (AvgIpc) is 2.80. The van der Waals surface area contributed by atoms with Crippen molar-refractivity contribution < 1.29 is 14.6 Å². The molecule has 0 unspecified atom stereocenters. The molecule has 2 rings (SSSR count). The van der Waals surface area contributed by atoms with E-state index in [-0.39, 0.29) is 12.1 Å². The van der Waals surface area contributed by atoms with Crippen molar-refractivity contribution in [3.63, 3.8) is 0 Å². The summed E-state index contributed by atoms with van der Waals surface area (Å²) in [6, 6.07) is 10.0. The number of carbonyl (C=O) groups excluding carboxylic acids is 1. The molecule has 1 aliphatic heterocycles. The fourth-order valence-corrected chi connectivity index (χ4v) is 2.67. The van der Waals surface area contributed by atoms with E-state index in [1.54, 1.807) is 4.90 Å². The first-order valence-corrected chi connectivity index (χ1v) is 7.66. The Morgan fingerprint density at radius 1 is 1.32 bits per heavy atom. The molecule has 5 nitrogen and oxygen atoms in total. The molecule has 1 aromatic carbocycles. The van der Waals surface area contributed by atoms with E-state index >= 15 is 0 Å². The highest BCUT2D eigenvalue weighted by atomic mass is 16.6. The van der Waals surface area contributed by atoms with Crippen LogP contribution in [0.2, 0.25) is 0 Å². The number of likely N-dealkylation sites (tertiary alicyclic amines) is 1. The number of aliphatic hydroxyl groups is 1. The van der Waals surface area contributed by atoms with Crippen molar-refractivity contribution in [1.29, 1.82) is 0 Å². The van der Waals surface area contributed by atoms with E-state index in [9.17, 15) is 9.90 Å². The minimum absolute atomic E-state index is 0.0762. The fourth-order valence-electron chi connectivity index (χ4n) is 2.67. The molecule has 0 spiro atoms. The summed E-state index contributed by atoms with van der Waals surface area (Å²) in [4.78, 5) is 15.8. The molecule has 1 N–H and O–H groups in total. The predicted molar refractivity (Wildman–Crippen MR) is 85.5 cm³/mol. The molecular weight excluding hydrogens is 280 g/mol. The topological polar surface area (TPSA) is 53.0 Å². The lowest BCUT2D eigenvalue weighted by molar-refractivity contribution is 0.0269. The lowest BCUT2D eigenvalue weighted by Crippen LogP contribution is -2.41. The highest BCUT2D eigenvalue weighted by Crippen LogP contribution is 2.20. The molecule has 0 aromatic heterocycles. The van der Waals surface area contributed by atoms with Crippen molar-refractivity contribution in [2.24, 2.45) is 0 Å². The number of amides is 1. The van der Waals surface area contributed by atoms with Crippen LogP contribution in [0, 0.1) is 0 Å². The maximum atomic E-state index is 12.1. The molecule has 1 amide bonds. The molecule has 0 saturated carbocycles. The van der Waals surface area contributed by atoms with Gasteiger partial charge in [-0.1, -0.05) is 30.3 Å². The Balaban J connectivity index is 1.94. The number of hydrogen-bond donors (Lipinski definition) is 1. The number of ether oxygens (including phenoxy) is 1. The van der Waals surface area contributed by atoms with Gasteiger partial charge in [0.2, 0.25) is 0 Å². The number of nitrogens with zero attached hydrogens (tertiary/aromatic N) is 2. The van der Waals surface area contributed by atoms with Gasteiger partial charge in [0.05, 0.1) is 18.7 Å². The van der Waals surface area contributed by atoms with Crippen LogP contribution < -0.4 is 0 Å². The molecule has 1 fully saturated rings. The third-order valence-electron chi connectivity index (χ3n) is 3.75. The molecule has 22 heavy (non-hydrogen) atoms. The minimum Gasteiger partial charge on any atom is -0.444 e. The maximum Gasteiger partial charge on any atom is 0.410 e. The third-order valence-corrected chi connectivity index (χ3v) is 3.75. The zero-order valence-electron chi connectivity index (χ0n) is 13.8. The lowest BCUT2D eigenvalue weighted by atomic mass is 10.1. The van der Waals surface area contributed by atoms with Gasteiger partial charge in [0, 0.05) is 13.1 Å². The first kappa shape index (κ1) is 16.8. The summed E-state index contributed by atoms with van der Waals surface area (Å²) in [6.07, 6.45) is -0.914. The second kappa shape index (κ2) is 6.67. The first-order chi connectivity index (χ1) is 10.3. The number of likely N-dealkylation sites (N-methyl/N-ethyl adjacent to an activating group) is 1. The summed E-state index contributed by atoms with van der Waals surface area (Å²) in [7, 11) is 1.97. The Bertz CT molecular complexity index is 498. The van der Waals surface area contributed by atoms with Crippen LogP contribution in [0.1, 0.15) is 26.3 Å². The fraction of sp³-hybridized carbons (Fsp3) is 0.588. The van der Waals surface area contributed by atoms with Crippen LogP contribution >= 0.6 is 0 Å². The van der Waals surface area contributed by atoms with Crippen LogP contribution in [-0.4, -0.2) is 58.9 Å². The van der Waals surface area contributed by atoms with Crippen molar-refractivity contribution in [3.05, 3.63) is 35.9 Å². The molecule has 1 aliphatic rings. The zero-order valence-corrected chi connectivity index (χ0v) is 13.8. The Labute approximate surface area is 132 Å². The quantitative estimate of drug-likeness (QED) is 0.929. The summed E-state index contributed by atoms with van der Waals surface area (Å²) >= 11 is 0. The van der Waals surface area contributed by atoms with Gasteiger partial charge in [0.15, 0.2) is 0 Å². The zero-order chi connectivity index (χ0) is 16.3. The van der Waals surface area contributed by atoms with Gasteiger partial charge in [-0.2, -0.15) is 0 Å². The minimum atomic E-state index is -0.554. The Morgan fingerprint density at radius 3 is 2.55 bits per heavy atom. The second-order valence-corrected chi connectivity index (χ2v) is 6.92. The molecule has 1 heterocycles. The van der Waals surface area contributed by atoms with Crippen LogP contribution in [0.3, 0.4) is 0 Å². The molecule has 122 valence electrons. The monoisotopic (exact) mass is 306 g/mol. The summed E-state index contributed by atoms with van der Waals surface area (Å²) in [6.45, 7) is 7.08. The van der Waals surface area contributed by atoms with Crippen LogP contribution in [0.15, 0.2) is 30.3 Å². The van der Waals surface area contributed by atoms with Gasteiger partial charge < -0.3 is 14.7 Å². The molecule has 1 saturated heterocycles. The number of carbonyl (C=O) groups is 1. The smallest absolute Gasteiger partial charge is 0.410 e. The average molecular weight is 306 g/mol. The van der Waals surface area contributed by atoms with E-state index < -0.39 is 11.7 Å². The summed E-state index contributed by atoms with van der Waals surface area (Å²) in [5.41, 5.74) is 0.670. The van der Waals surface area contributed by atoms with Crippen LogP contribution in [0.4, 0.5) is 4.79 Å². The van der Waals surface area contributed by atoms with Gasteiger partial charge in [0.25, 0.3) is 0 Å². The van der Waals surface area contributed by atoms with E-state index in [0.29, 0.717) is 13.1 Å². The maximum absolute atomic E-state index is 12.1. The highest BCUT2D eigenvalue weighted by Gasteiger charge is 2.38. The van der Waals surface area contributed by atoms with Crippen molar-refractivity contribution >= 4 is 6.09 Å². The second-order valence-electron chi connectivity index (χ2n) is 6.92. The van der Waals surface area contributed by atoms with Gasteiger partial charge in [-0.15, -0.1) is 0 Å². The largest absolute Gasteiger partial charge is 0.444 e. The standard InChI is InChI=1S/C17H26N2O3/c1-17(2,3)22-16(21)19-11-14(15(20)12-19)18(4)10-13-8-6-5-7-9-13/h5-9,14-15,20H,10-12H2,1-4H3/t14-,15-/m1/s1. The highest BCUT2D eigenvalue weighted by molar-refractivity contribution is 5.68. The predicted octanol–water partition coefficient (Wildman–Crippen LogP) is 2.10. The Kier molecular flexibility index (Phi) is 5.08. The molecular formula is C17H26N2O3. The molecule has 2 atom stereocenters. The van der Waals surface area contributed by atoms with Crippen LogP contribution in [0.5, 0.6) is 0 Å². The number of β-amino-alcohol motifs (C(OH)–C–C–N with tert-alkyl or cyclic N) is 1. The van der Waals surface area contributed by atoms with Gasteiger partial charge in [-0.05, 0) is 33.4 Å². The normalized spacial score (nSPS) is 22.2. The number of aliphatic hydroxyl groups excluding tert-OH is 1. The van der Waals surface area contributed by atoms with Gasteiger partial charge in [-0.25, -0.2) is 4.79 Å². The molecule has 0 aliphatic carbocycles. The van der Waals surface area contributed by atoms with Gasteiger partial charge in [0.1, 0.15) is 5.60 Å². The van der Waals surface area contributed by atoms with Gasteiger partial charge in [-0.3, -0.25) is 4.90 Å². The van der Waals surface area contributed by atoms with Crippen molar-refractivity contribution in [1.82, 2.24) is 9.80 Å². The van der Waals surface area contributed by atoms with Crippen molar-refractivity contribution in [2.75, 3.05) is 20.1 Å². The number of benzene rings is 1.